The maximum atomic E-state index is 6.51. The van der Waals surface area contributed by atoms with Crippen LogP contribution in [0.2, 0.25) is 5.02 Å². The van der Waals surface area contributed by atoms with Crippen molar-refractivity contribution in [1.82, 2.24) is 5.32 Å². The molecule has 0 aliphatic rings. The van der Waals surface area contributed by atoms with Gasteiger partial charge in [-0.1, -0.05) is 56.5 Å². The van der Waals surface area contributed by atoms with Crippen molar-refractivity contribution < 1.29 is 0 Å². The first-order chi connectivity index (χ1) is 9.93. The molecule has 0 saturated carbocycles. The molecule has 2 rings (SSSR count). The first-order valence-electron chi connectivity index (χ1n) is 6.89. The van der Waals surface area contributed by atoms with Gasteiger partial charge in [0.15, 0.2) is 0 Å². The molecule has 2 aromatic rings. The molecule has 0 fully saturated rings. The van der Waals surface area contributed by atoms with Crippen molar-refractivity contribution in [2.75, 3.05) is 6.54 Å². The summed E-state index contributed by atoms with van der Waals surface area (Å²) in [5.41, 5.74) is 4.76. The summed E-state index contributed by atoms with van der Waals surface area (Å²) < 4.78 is 2.13. The van der Waals surface area contributed by atoms with Crippen LogP contribution < -0.4 is 5.32 Å². The Bertz CT molecular complexity index is 655. The van der Waals surface area contributed by atoms with Crippen LogP contribution in [0, 0.1) is 13.8 Å². The third-order valence-electron chi connectivity index (χ3n) is 3.60. The fourth-order valence-electron chi connectivity index (χ4n) is 2.35. The molecule has 21 heavy (non-hydrogen) atoms. The number of aryl methyl sites for hydroxylation is 2. The highest BCUT2D eigenvalue weighted by Crippen LogP contribution is 2.35. The van der Waals surface area contributed by atoms with Crippen LogP contribution in [-0.2, 0) is 0 Å². The molecule has 1 nitrogen and oxygen atoms in total. The Kier molecular flexibility index (Phi) is 5.89. The van der Waals surface area contributed by atoms with E-state index >= 15 is 0 Å². The number of hydrogen-bond donors (Lipinski definition) is 1. The Morgan fingerprint density at radius 3 is 2.38 bits per heavy atom. The van der Waals surface area contributed by atoms with Gasteiger partial charge >= 0.3 is 0 Å². The van der Waals surface area contributed by atoms with E-state index in [4.69, 9.17) is 11.6 Å². The predicted molar refractivity (Wildman–Crippen MR) is 98.3 cm³/mol. The van der Waals surface area contributed by atoms with E-state index in [1.165, 1.54) is 16.7 Å². The van der Waals surface area contributed by atoms with Gasteiger partial charge < -0.3 is 5.32 Å². The largest absolute Gasteiger partial charge is 0.306 e. The first kappa shape index (κ1) is 17.0. The molecule has 0 amide bonds. The highest BCUT2D eigenvalue weighted by molar-refractivity contribution is 9.11. The maximum absolute atomic E-state index is 6.51. The molecule has 4 heteroatoms. The van der Waals surface area contributed by atoms with Crippen LogP contribution in [0.5, 0.6) is 0 Å². The molecular formula is C17H18Br2ClN. The molecule has 2 aromatic carbocycles. The van der Waals surface area contributed by atoms with E-state index in [-0.39, 0.29) is 6.04 Å². The molecular weight excluding hydrogens is 413 g/mol. The van der Waals surface area contributed by atoms with Gasteiger partial charge in [-0.2, -0.15) is 0 Å². The quantitative estimate of drug-likeness (QED) is 0.609. The molecule has 0 radical (unpaired) electrons. The van der Waals surface area contributed by atoms with E-state index in [0.717, 1.165) is 26.1 Å². The second-order valence-corrected chi connectivity index (χ2v) is 7.29. The zero-order chi connectivity index (χ0) is 15.6. The Balaban J connectivity index is 2.58. The molecule has 0 bridgehead atoms. The molecule has 1 N–H and O–H groups in total. The Morgan fingerprint density at radius 1 is 1.05 bits per heavy atom. The van der Waals surface area contributed by atoms with Gasteiger partial charge in [0, 0.05) is 14.0 Å². The molecule has 0 aliphatic carbocycles. The average molecular weight is 432 g/mol. The molecule has 0 aromatic heterocycles. The fourth-order valence-corrected chi connectivity index (χ4v) is 3.53. The van der Waals surface area contributed by atoms with Gasteiger partial charge in [-0.05, 0) is 66.9 Å². The Hall–Kier alpha value is -0.350. The van der Waals surface area contributed by atoms with Crippen molar-refractivity contribution in [3.05, 3.63) is 66.6 Å². The molecule has 0 aliphatic heterocycles. The van der Waals surface area contributed by atoms with Crippen LogP contribution >= 0.6 is 43.5 Å². The summed E-state index contributed by atoms with van der Waals surface area (Å²) in [6.45, 7) is 7.18. The van der Waals surface area contributed by atoms with E-state index in [1.54, 1.807) is 0 Å². The Morgan fingerprint density at radius 2 is 1.71 bits per heavy atom. The molecule has 0 heterocycles. The van der Waals surface area contributed by atoms with Crippen molar-refractivity contribution in [3.8, 4) is 0 Å². The zero-order valence-electron chi connectivity index (χ0n) is 12.3. The van der Waals surface area contributed by atoms with Crippen LogP contribution in [0.3, 0.4) is 0 Å². The summed E-state index contributed by atoms with van der Waals surface area (Å²) >= 11 is 13.7. The lowest BCUT2D eigenvalue weighted by molar-refractivity contribution is 0.628. The first-order valence-corrected chi connectivity index (χ1v) is 8.85. The van der Waals surface area contributed by atoms with E-state index in [2.05, 4.69) is 76.1 Å². The van der Waals surface area contributed by atoms with Crippen molar-refractivity contribution in [2.45, 2.75) is 26.8 Å². The van der Waals surface area contributed by atoms with Crippen LogP contribution in [-0.4, -0.2) is 6.54 Å². The average Bonchev–Trinajstić information content (AvgIpc) is 2.43. The van der Waals surface area contributed by atoms with Gasteiger partial charge in [-0.25, -0.2) is 0 Å². The Labute approximate surface area is 148 Å². The van der Waals surface area contributed by atoms with Gasteiger partial charge in [0.2, 0.25) is 0 Å². The SMILES string of the molecule is CCNC(c1cc(C)c(C)cc1Cl)c1cc(Br)ccc1Br. The lowest BCUT2D eigenvalue weighted by atomic mass is 9.95. The minimum atomic E-state index is 0.0636. The second kappa shape index (κ2) is 7.28. The van der Waals surface area contributed by atoms with Crippen LogP contribution in [0.15, 0.2) is 39.3 Å². The van der Waals surface area contributed by atoms with Gasteiger partial charge in [0.1, 0.15) is 0 Å². The molecule has 0 spiro atoms. The van der Waals surface area contributed by atoms with E-state index < -0.39 is 0 Å². The number of rotatable bonds is 4. The van der Waals surface area contributed by atoms with Crippen molar-refractivity contribution in [2.24, 2.45) is 0 Å². The van der Waals surface area contributed by atoms with E-state index in [0.29, 0.717) is 0 Å². The predicted octanol–water partition coefficient (Wildman–Crippen LogP) is 6.18. The minimum absolute atomic E-state index is 0.0636. The van der Waals surface area contributed by atoms with Crippen molar-refractivity contribution in [3.63, 3.8) is 0 Å². The summed E-state index contributed by atoms with van der Waals surface area (Å²) in [6, 6.07) is 10.5. The standard InChI is InChI=1S/C17H18Br2ClN/c1-4-21-17(13-9-12(18)5-6-15(13)19)14-7-10(2)11(3)8-16(14)20/h5-9,17,21H,4H2,1-3H3. The van der Waals surface area contributed by atoms with Crippen LogP contribution in [0.1, 0.15) is 35.2 Å². The normalized spacial score (nSPS) is 12.5. The van der Waals surface area contributed by atoms with E-state index in [9.17, 15) is 0 Å². The van der Waals surface area contributed by atoms with Gasteiger partial charge in [0.25, 0.3) is 0 Å². The maximum Gasteiger partial charge on any atom is 0.0603 e. The molecule has 0 saturated heterocycles. The molecule has 1 unspecified atom stereocenters. The second-order valence-electron chi connectivity index (χ2n) is 5.11. The summed E-state index contributed by atoms with van der Waals surface area (Å²) in [5, 5.41) is 4.34. The van der Waals surface area contributed by atoms with Crippen molar-refractivity contribution in [1.29, 1.82) is 0 Å². The lowest BCUT2D eigenvalue weighted by Crippen LogP contribution is -2.23. The number of benzene rings is 2. The summed E-state index contributed by atoms with van der Waals surface area (Å²) in [6.07, 6.45) is 0. The smallest absolute Gasteiger partial charge is 0.0603 e. The van der Waals surface area contributed by atoms with Crippen molar-refractivity contribution >= 4 is 43.5 Å². The highest BCUT2D eigenvalue weighted by Gasteiger charge is 2.19. The van der Waals surface area contributed by atoms with E-state index in [1.807, 2.05) is 12.1 Å². The molecule has 112 valence electrons. The summed E-state index contributed by atoms with van der Waals surface area (Å²) in [4.78, 5) is 0. The minimum Gasteiger partial charge on any atom is -0.306 e. The van der Waals surface area contributed by atoms with Gasteiger partial charge in [0.05, 0.1) is 6.04 Å². The number of halogens is 3. The highest BCUT2D eigenvalue weighted by atomic mass is 79.9. The van der Waals surface area contributed by atoms with Gasteiger partial charge in [-0.15, -0.1) is 0 Å². The summed E-state index contributed by atoms with van der Waals surface area (Å²) in [7, 11) is 0. The molecule has 1 atom stereocenters. The lowest BCUT2D eigenvalue weighted by Gasteiger charge is -2.23. The fraction of sp³-hybridized carbons (Fsp3) is 0.294. The number of nitrogens with one attached hydrogen (secondary N) is 1. The van der Waals surface area contributed by atoms with Crippen LogP contribution in [0.4, 0.5) is 0 Å². The van der Waals surface area contributed by atoms with Gasteiger partial charge in [-0.3, -0.25) is 0 Å². The number of hydrogen-bond acceptors (Lipinski definition) is 1. The monoisotopic (exact) mass is 429 g/mol. The third kappa shape index (κ3) is 3.89. The topological polar surface area (TPSA) is 12.0 Å². The third-order valence-corrected chi connectivity index (χ3v) is 5.14. The zero-order valence-corrected chi connectivity index (χ0v) is 16.2. The van der Waals surface area contributed by atoms with Crippen LogP contribution in [0.25, 0.3) is 0 Å². The summed E-state index contributed by atoms with van der Waals surface area (Å²) in [5.74, 6) is 0.